The largest absolute Gasteiger partial charge is 0.472 e. The Labute approximate surface area is 367 Å². The van der Waals surface area contributed by atoms with E-state index in [-0.39, 0.29) is 32.0 Å². The molecule has 0 aliphatic rings. The quantitative estimate of drug-likeness (QED) is 0.0213. The summed E-state index contributed by atoms with van der Waals surface area (Å²) in [4.78, 5) is 35.4. The van der Waals surface area contributed by atoms with Crippen molar-refractivity contribution in [3.05, 3.63) is 85.1 Å². The molecule has 10 heteroatoms. The number of likely N-dealkylation sites (N-methyl/N-ethyl adjacent to an activating group) is 1. The highest BCUT2D eigenvalue weighted by molar-refractivity contribution is 7.47. The third kappa shape index (κ3) is 44.7. The predicted molar refractivity (Wildman–Crippen MR) is 252 cm³/mol. The number of quaternary nitrogens is 1. The van der Waals surface area contributed by atoms with Gasteiger partial charge in [0.1, 0.15) is 19.8 Å². The summed E-state index contributed by atoms with van der Waals surface area (Å²) in [7, 11) is 1.43. The Morgan fingerprint density at radius 2 is 0.950 bits per heavy atom. The first-order valence-corrected chi connectivity index (χ1v) is 24.8. The third-order valence-corrected chi connectivity index (χ3v) is 10.4. The molecule has 0 aromatic rings. The number of carbonyl (C=O) groups is 2. The maximum atomic E-state index is 12.7. The molecule has 0 heterocycles. The molecule has 0 aromatic carbocycles. The van der Waals surface area contributed by atoms with Crippen LogP contribution >= 0.6 is 7.82 Å². The van der Waals surface area contributed by atoms with Crippen LogP contribution in [-0.2, 0) is 32.7 Å². The fraction of sp³-hybridized carbons (Fsp3) is 0.680. The molecule has 2 atom stereocenters. The molecule has 0 radical (unpaired) electrons. The van der Waals surface area contributed by atoms with Gasteiger partial charge in [0.2, 0.25) is 0 Å². The first-order chi connectivity index (χ1) is 29.0. The minimum absolute atomic E-state index is 0.0173. The molecule has 1 N–H and O–H groups in total. The van der Waals surface area contributed by atoms with Crippen molar-refractivity contribution >= 4 is 19.8 Å². The number of hydrogen-bond acceptors (Lipinski definition) is 7. The monoisotopic (exact) mass is 861 g/mol. The van der Waals surface area contributed by atoms with Gasteiger partial charge in [-0.1, -0.05) is 176 Å². The lowest BCUT2D eigenvalue weighted by Crippen LogP contribution is -2.37. The first-order valence-electron chi connectivity index (χ1n) is 23.3. The Bertz CT molecular complexity index is 1290. The highest BCUT2D eigenvalue weighted by atomic mass is 31.2. The van der Waals surface area contributed by atoms with Crippen molar-refractivity contribution in [1.82, 2.24) is 0 Å². The van der Waals surface area contributed by atoms with Crippen molar-refractivity contribution in [3.8, 4) is 0 Å². The van der Waals surface area contributed by atoms with Gasteiger partial charge >= 0.3 is 19.8 Å². The van der Waals surface area contributed by atoms with Gasteiger partial charge in [0.15, 0.2) is 6.10 Å². The fourth-order valence-electron chi connectivity index (χ4n) is 5.83. The number of rotatable bonds is 41. The van der Waals surface area contributed by atoms with Gasteiger partial charge < -0.3 is 18.9 Å². The molecule has 0 amide bonds. The van der Waals surface area contributed by atoms with E-state index >= 15 is 0 Å². The van der Waals surface area contributed by atoms with E-state index in [2.05, 4.69) is 92.8 Å². The van der Waals surface area contributed by atoms with Crippen molar-refractivity contribution in [2.45, 2.75) is 174 Å². The SMILES string of the molecule is CC/C=C\C/C=C\C/C=C\C/C=C\C/C=C\C/C=C\C/C=C\CCCC(=O)OC(COC(=O)CCCCCCCCCCCCCCC)COP(=O)(O)OCC[N+](C)(C)C. The summed E-state index contributed by atoms with van der Waals surface area (Å²) in [5.41, 5.74) is 0. The summed E-state index contributed by atoms with van der Waals surface area (Å²) in [6.07, 6.45) is 53.5. The number of allylic oxidation sites excluding steroid dienone is 14. The smallest absolute Gasteiger partial charge is 0.462 e. The Hall–Kier alpha value is -2.81. The van der Waals surface area contributed by atoms with E-state index in [9.17, 15) is 19.0 Å². The van der Waals surface area contributed by atoms with E-state index < -0.39 is 26.5 Å². The Balaban J connectivity index is 4.44. The van der Waals surface area contributed by atoms with Crippen LogP contribution in [0, 0.1) is 0 Å². The Kier molecular flexibility index (Phi) is 39.6. The van der Waals surface area contributed by atoms with Crippen LogP contribution in [0.5, 0.6) is 0 Å². The standard InChI is InChI=1S/C50H86NO8P/c1-6-8-10-12-14-16-18-20-21-22-23-24-25-26-27-28-29-31-33-35-37-39-41-43-50(53)59-48(47-58-60(54,55)57-45-44-51(3,4)5)46-56-49(52)42-40-38-36-34-32-30-19-17-15-13-11-9-7-2/h8,10,14,16,20-21,23-24,26-27,29,31,35,37,48H,6-7,9,11-13,15,17-19,22,25,28,30,32-34,36,38-47H2,1-5H3/p+1/b10-8-,16-14-,21-20-,24-23-,27-26-,31-29-,37-35-. The lowest BCUT2D eigenvalue weighted by Gasteiger charge is -2.24. The zero-order valence-corrected chi connectivity index (χ0v) is 39.6. The number of nitrogens with zero attached hydrogens (tertiary/aromatic N) is 1. The van der Waals surface area contributed by atoms with Crippen LogP contribution in [0.1, 0.15) is 168 Å². The molecule has 2 unspecified atom stereocenters. The summed E-state index contributed by atoms with van der Waals surface area (Å²) in [5.74, 6) is -0.872. The molecule has 0 aliphatic heterocycles. The van der Waals surface area contributed by atoms with Crippen LogP contribution in [0.2, 0.25) is 0 Å². The summed E-state index contributed by atoms with van der Waals surface area (Å²) in [6, 6.07) is 0. The van der Waals surface area contributed by atoms with E-state index in [4.69, 9.17) is 18.5 Å². The first kappa shape index (κ1) is 57.2. The number of ether oxygens (including phenoxy) is 2. The second-order valence-electron chi connectivity index (χ2n) is 16.4. The number of unbranched alkanes of at least 4 members (excludes halogenated alkanes) is 13. The average molecular weight is 861 g/mol. The summed E-state index contributed by atoms with van der Waals surface area (Å²) in [5, 5.41) is 0. The van der Waals surface area contributed by atoms with Crippen molar-refractivity contribution in [1.29, 1.82) is 0 Å². The summed E-state index contributed by atoms with van der Waals surface area (Å²) >= 11 is 0. The highest BCUT2D eigenvalue weighted by Gasteiger charge is 2.27. The number of phosphoric acid groups is 1. The Morgan fingerprint density at radius 1 is 0.533 bits per heavy atom. The molecule has 0 bridgehead atoms. The van der Waals surface area contributed by atoms with Crippen LogP contribution in [0.4, 0.5) is 0 Å². The summed E-state index contributed by atoms with van der Waals surface area (Å²) < 4.78 is 34.3. The van der Waals surface area contributed by atoms with Crippen LogP contribution < -0.4 is 0 Å². The van der Waals surface area contributed by atoms with Crippen molar-refractivity contribution in [2.24, 2.45) is 0 Å². The molecule has 0 aromatic heterocycles. The molecule has 0 fully saturated rings. The van der Waals surface area contributed by atoms with Gasteiger partial charge in [0.05, 0.1) is 27.7 Å². The van der Waals surface area contributed by atoms with Crippen molar-refractivity contribution < 1.29 is 42.1 Å². The zero-order chi connectivity index (χ0) is 44.3. The summed E-state index contributed by atoms with van der Waals surface area (Å²) in [6.45, 7) is 4.23. The van der Waals surface area contributed by atoms with Crippen LogP contribution in [-0.4, -0.2) is 74.9 Å². The normalized spacial score (nSPS) is 14.3. The molecule has 0 saturated carbocycles. The predicted octanol–water partition coefficient (Wildman–Crippen LogP) is 13.6. The lowest BCUT2D eigenvalue weighted by atomic mass is 10.0. The number of esters is 2. The van der Waals surface area contributed by atoms with Gasteiger partial charge in [-0.05, 0) is 64.2 Å². The molecule has 60 heavy (non-hydrogen) atoms. The molecule has 344 valence electrons. The molecule has 0 saturated heterocycles. The van der Waals surface area contributed by atoms with Crippen LogP contribution in [0.3, 0.4) is 0 Å². The molecule has 0 spiro atoms. The fourth-order valence-corrected chi connectivity index (χ4v) is 6.57. The van der Waals surface area contributed by atoms with Gasteiger partial charge in [-0.15, -0.1) is 0 Å². The molecular formula is C50H87NO8P+. The van der Waals surface area contributed by atoms with Gasteiger partial charge in [-0.25, -0.2) is 4.57 Å². The molecule has 9 nitrogen and oxygen atoms in total. The lowest BCUT2D eigenvalue weighted by molar-refractivity contribution is -0.870. The maximum absolute atomic E-state index is 12.7. The highest BCUT2D eigenvalue weighted by Crippen LogP contribution is 2.43. The van der Waals surface area contributed by atoms with E-state index in [1.807, 2.05) is 27.2 Å². The third-order valence-electron chi connectivity index (χ3n) is 9.44. The zero-order valence-electron chi connectivity index (χ0n) is 38.7. The van der Waals surface area contributed by atoms with E-state index in [1.165, 1.54) is 64.2 Å². The number of phosphoric ester groups is 1. The van der Waals surface area contributed by atoms with Crippen LogP contribution in [0.25, 0.3) is 0 Å². The van der Waals surface area contributed by atoms with Crippen LogP contribution in [0.15, 0.2) is 85.1 Å². The second kappa shape index (κ2) is 41.5. The van der Waals surface area contributed by atoms with E-state index in [0.29, 0.717) is 23.9 Å². The average Bonchev–Trinajstić information content (AvgIpc) is 3.20. The Morgan fingerprint density at radius 3 is 1.40 bits per heavy atom. The van der Waals surface area contributed by atoms with Crippen molar-refractivity contribution in [3.63, 3.8) is 0 Å². The van der Waals surface area contributed by atoms with Gasteiger partial charge in [-0.3, -0.25) is 18.6 Å². The number of carbonyl (C=O) groups excluding carboxylic acids is 2. The van der Waals surface area contributed by atoms with Gasteiger partial charge in [0.25, 0.3) is 0 Å². The molecule has 0 aliphatic carbocycles. The van der Waals surface area contributed by atoms with Gasteiger partial charge in [0, 0.05) is 12.8 Å². The molecular weight excluding hydrogens is 774 g/mol. The topological polar surface area (TPSA) is 108 Å². The second-order valence-corrected chi connectivity index (χ2v) is 17.9. The van der Waals surface area contributed by atoms with E-state index in [1.54, 1.807) is 0 Å². The minimum Gasteiger partial charge on any atom is -0.462 e. The molecule has 0 rings (SSSR count). The minimum atomic E-state index is -4.40. The van der Waals surface area contributed by atoms with E-state index in [0.717, 1.165) is 64.2 Å². The maximum Gasteiger partial charge on any atom is 0.472 e. The number of hydrogen-bond donors (Lipinski definition) is 1. The van der Waals surface area contributed by atoms with Gasteiger partial charge in [-0.2, -0.15) is 0 Å². The van der Waals surface area contributed by atoms with Crippen molar-refractivity contribution in [2.75, 3.05) is 47.5 Å².